The van der Waals surface area contributed by atoms with E-state index in [4.69, 9.17) is 27.9 Å². The topological polar surface area (TPSA) is 70.7 Å². The first-order chi connectivity index (χ1) is 12.0. The maximum Gasteiger partial charge on any atom is 0.414 e. The molecule has 1 aliphatic rings. The fourth-order valence-electron chi connectivity index (χ4n) is 2.37. The summed E-state index contributed by atoms with van der Waals surface area (Å²) in [4.78, 5) is 25.0. The number of nitrogens with one attached hydrogen (secondary N) is 2. The molecule has 2 aromatic rings. The van der Waals surface area contributed by atoms with Gasteiger partial charge in [-0.15, -0.1) is 0 Å². The van der Waals surface area contributed by atoms with Crippen LogP contribution in [-0.2, 0) is 11.3 Å². The van der Waals surface area contributed by atoms with E-state index in [2.05, 4.69) is 10.6 Å². The number of urea groups is 1. The fourth-order valence-corrected chi connectivity index (χ4v) is 2.84. The van der Waals surface area contributed by atoms with Crippen LogP contribution in [0.15, 0.2) is 42.5 Å². The van der Waals surface area contributed by atoms with Crippen LogP contribution >= 0.6 is 23.2 Å². The van der Waals surface area contributed by atoms with Gasteiger partial charge in [-0.2, -0.15) is 0 Å². The summed E-state index contributed by atoms with van der Waals surface area (Å²) in [6, 6.07) is 11.7. The van der Waals surface area contributed by atoms with E-state index in [0.717, 1.165) is 11.3 Å². The van der Waals surface area contributed by atoms with Gasteiger partial charge in [-0.05, 0) is 42.0 Å². The molecule has 0 aromatic heterocycles. The first kappa shape index (κ1) is 17.4. The number of benzene rings is 2. The van der Waals surface area contributed by atoms with Crippen molar-refractivity contribution in [2.24, 2.45) is 0 Å². The second-order valence-corrected chi connectivity index (χ2v) is 6.20. The molecule has 3 rings (SSSR count). The van der Waals surface area contributed by atoms with E-state index in [1.807, 2.05) is 0 Å². The van der Waals surface area contributed by atoms with Gasteiger partial charge in [-0.25, -0.2) is 9.59 Å². The summed E-state index contributed by atoms with van der Waals surface area (Å²) in [7, 11) is 0. The molecule has 0 atom stereocenters. The number of halogens is 2. The summed E-state index contributed by atoms with van der Waals surface area (Å²) >= 11 is 11.9. The number of carbonyl (C=O) groups is 2. The van der Waals surface area contributed by atoms with Gasteiger partial charge < -0.3 is 15.4 Å². The Morgan fingerprint density at radius 2 is 1.92 bits per heavy atom. The molecule has 1 fully saturated rings. The minimum absolute atomic E-state index is 0.277. The summed E-state index contributed by atoms with van der Waals surface area (Å²) in [5.74, 6) is 0. The lowest BCUT2D eigenvalue weighted by Crippen LogP contribution is -2.28. The van der Waals surface area contributed by atoms with E-state index in [-0.39, 0.29) is 18.7 Å². The van der Waals surface area contributed by atoms with Gasteiger partial charge in [-0.1, -0.05) is 29.3 Å². The molecule has 130 valence electrons. The minimum atomic E-state index is -0.363. The van der Waals surface area contributed by atoms with Crippen LogP contribution in [0.5, 0.6) is 0 Å². The molecule has 1 saturated heterocycles. The van der Waals surface area contributed by atoms with E-state index in [0.29, 0.717) is 28.9 Å². The molecule has 0 radical (unpaired) electrons. The fraction of sp³-hybridized carbons (Fsp3) is 0.176. The number of amides is 3. The first-order valence-electron chi connectivity index (χ1n) is 7.56. The van der Waals surface area contributed by atoms with Crippen molar-refractivity contribution in [3.63, 3.8) is 0 Å². The normalized spacial score (nSPS) is 13.5. The lowest BCUT2D eigenvalue weighted by atomic mass is 10.2. The lowest BCUT2D eigenvalue weighted by Gasteiger charge is -2.13. The van der Waals surface area contributed by atoms with E-state index in [1.165, 1.54) is 4.90 Å². The summed E-state index contributed by atoms with van der Waals surface area (Å²) in [6.45, 7) is 1.18. The molecule has 1 aliphatic heterocycles. The van der Waals surface area contributed by atoms with Crippen LogP contribution in [0.1, 0.15) is 5.56 Å². The number of rotatable bonds is 4. The molecule has 1 heterocycles. The average molecular weight is 380 g/mol. The molecule has 3 amide bonds. The molecule has 0 unspecified atom stereocenters. The van der Waals surface area contributed by atoms with Crippen molar-refractivity contribution in [3.05, 3.63) is 58.1 Å². The third-order valence-electron chi connectivity index (χ3n) is 3.65. The van der Waals surface area contributed by atoms with Crippen molar-refractivity contribution < 1.29 is 14.3 Å². The Morgan fingerprint density at radius 1 is 1.16 bits per heavy atom. The lowest BCUT2D eigenvalue weighted by molar-refractivity contribution is 0.181. The Hall–Kier alpha value is -2.44. The van der Waals surface area contributed by atoms with E-state index < -0.39 is 0 Å². The predicted molar refractivity (Wildman–Crippen MR) is 97.5 cm³/mol. The highest BCUT2D eigenvalue weighted by atomic mass is 35.5. The van der Waals surface area contributed by atoms with E-state index >= 15 is 0 Å². The number of cyclic esters (lactones) is 1. The summed E-state index contributed by atoms with van der Waals surface area (Å²) < 4.78 is 4.89. The monoisotopic (exact) mass is 379 g/mol. The molecule has 2 N–H and O–H groups in total. The second kappa shape index (κ2) is 7.63. The largest absolute Gasteiger partial charge is 0.447 e. The summed E-state index contributed by atoms with van der Waals surface area (Å²) in [5.41, 5.74) is 2.10. The van der Waals surface area contributed by atoms with Crippen molar-refractivity contribution in [3.8, 4) is 0 Å². The summed E-state index contributed by atoms with van der Waals surface area (Å²) in [6.07, 6.45) is -0.363. The van der Waals surface area contributed by atoms with Gasteiger partial charge in [0.15, 0.2) is 0 Å². The molecule has 0 aliphatic carbocycles. The van der Waals surface area contributed by atoms with Crippen LogP contribution in [-0.4, -0.2) is 25.3 Å². The van der Waals surface area contributed by atoms with Crippen LogP contribution in [0.4, 0.5) is 21.0 Å². The number of anilines is 2. The van der Waals surface area contributed by atoms with Gasteiger partial charge in [0, 0.05) is 28.0 Å². The molecule has 2 aromatic carbocycles. The highest BCUT2D eigenvalue weighted by Crippen LogP contribution is 2.22. The van der Waals surface area contributed by atoms with Gasteiger partial charge in [0.2, 0.25) is 0 Å². The van der Waals surface area contributed by atoms with Crippen molar-refractivity contribution in [1.29, 1.82) is 0 Å². The maximum absolute atomic E-state index is 12.0. The Morgan fingerprint density at radius 3 is 2.56 bits per heavy atom. The molecule has 25 heavy (non-hydrogen) atoms. The Kier molecular flexibility index (Phi) is 5.31. The standard InChI is InChI=1S/C17H15Cl2N3O3/c18-12-2-1-11(15(19)9-12)10-20-16(23)21-13-3-5-14(6-4-13)22-7-8-25-17(22)24/h1-6,9H,7-8,10H2,(H2,20,21,23). The third-order valence-corrected chi connectivity index (χ3v) is 4.24. The van der Waals surface area contributed by atoms with Gasteiger partial charge in [-0.3, -0.25) is 4.90 Å². The van der Waals surface area contributed by atoms with Crippen LogP contribution in [0.25, 0.3) is 0 Å². The summed E-state index contributed by atoms with van der Waals surface area (Å²) in [5, 5.41) is 6.48. The second-order valence-electron chi connectivity index (χ2n) is 5.36. The quantitative estimate of drug-likeness (QED) is 0.832. The van der Waals surface area contributed by atoms with Crippen LogP contribution in [0, 0.1) is 0 Å². The van der Waals surface area contributed by atoms with Crippen LogP contribution in [0.2, 0.25) is 10.0 Å². The zero-order valence-electron chi connectivity index (χ0n) is 13.1. The predicted octanol–water partition coefficient (Wildman–Crippen LogP) is 4.27. The molecule has 0 saturated carbocycles. The van der Waals surface area contributed by atoms with Gasteiger partial charge >= 0.3 is 12.1 Å². The van der Waals surface area contributed by atoms with Crippen LogP contribution < -0.4 is 15.5 Å². The zero-order valence-corrected chi connectivity index (χ0v) is 14.6. The van der Waals surface area contributed by atoms with Crippen molar-refractivity contribution in [1.82, 2.24) is 5.32 Å². The van der Waals surface area contributed by atoms with E-state index in [9.17, 15) is 9.59 Å². The zero-order chi connectivity index (χ0) is 17.8. The SMILES string of the molecule is O=C(NCc1ccc(Cl)cc1Cl)Nc1ccc(N2CCOC2=O)cc1. The number of hydrogen-bond donors (Lipinski definition) is 2. The molecule has 8 heteroatoms. The molecular formula is C17H15Cl2N3O3. The minimum Gasteiger partial charge on any atom is -0.447 e. The Bertz CT molecular complexity index is 796. The molecule has 0 bridgehead atoms. The van der Waals surface area contributed by atoms with Crippen molar-refractivity contribution in [2.45, 2.75) is 6.54 Å². The average Bonchev–Trinajstić information content (AvgIpc) is 3.01. The van der Waals surface area contributed by atoms with Crippen molar-refractivity contribution >= 4 is 46.7 Å². The third kappa shape index (κ3) is 4.35. The van der Waals surface area contributed by atoms with Crippen LogP contribution in [0.3, 0.4) is 0 Å². The Labute approximate surface area is 154 Å². The van der Waals surface area contributed by atoms with Gasteiger partial charge in [0.05, 0.1) is 6.54 Å². The first-order valence-corrected chi connectivity index (χ1v) is 8.31. The smallest absolute Gasteiger partial charge is 0.414 e. The van der Waals surface area contributed by atoms with Gasteiger partial charge in [0.25, 0.3) is 0 Å². The van der Waals surface area contributed by atoms with E-state index in [1.54, 1.807) is 42.5 Å². The molecule has 6 nitrogen and oxygen atoms in total. The van der Waals surface area contributed by atoms with Gasteiger partial charge in [0.1, 0.15) is 6.61 Å². The number of ether oxygens (including phenoxy) is 1. The highest BCUT2D eigenvalue weighted by Gasteiger charge is 2.23. The molecule has 0 spiro atoms. The molecular weight excluding hydrogens is 365 g/mol. The highest BCUT2D eigenvalue weighted by molar-refractivity contribution is 6.35. The maximum atomic E-state index is 12.0. The van der Waals surface area contributed by atoms with Crippen molar-refractivity contribution in [2.75, 3.05) is 23.4 Å². The number of carbonyl (C=O) groups excluding carboxylic acids is 2. The number of hydrogen-bond acceptors (Lipinski definition) is 3. The Balaban J connectivity index is 1.55. The number of nitrogens with zero attached hydrogens (tertiary/aromatic N) is 1.